The first-order valence-corrected chi connectivity index (χ1v) is 5.54. The Balaban J connectivity index is 1.94. The summed E-state index contributed by atoms with van der Waals surface area (Å²) in [6.45, 7) is 0.0706. The van der Waals surface area contributed by atoms with Crippen LogP contribution in [0.2, 0.25) is 0 Å². The Kier molecular flexibility index (Phi) is 3.73. The minimum Gasteiger partial charge on any atom is -0.458 e. The highest BCUT2D eigenvalue weighted by Crippen LogP contribution is 2.11. The van der Waals surface area contributed by atoms with E-state index in [0.29, 0.717) is 12.0 Å². The molecule has 0 radical (unpaired) electrons. The van der Waals surface area contributed by atoms with Crippen molar-refractivity contribution < 1.29 is 14.3 Å². The lowest BCUT2D eigenvalue weighted by molar-refractivity contribution is 0.109. The van der Waals surface area contributed by atoms with E-state index < -0.39 is 0 Å². The van der Waals surface area contributed by atoms with Crippen LogP contribution in [0.4, 0.5) is 0 Å². The van der Waals surface area contributed by atoms with Crippen molar-refractivity contribution >= 4 is 6.29 Å². The largest absolute Gasteiger partial charge is 0.458 e. The number of aliphatic hydroxyl groups excluding tert-OH is 1. The fourth-order valence-electron chi connectivity index (χ4n) is 1.67. The average molecular weight is 230 g/mol. The molecule has 88 valence electrons. The molecule has 3 heteroatoms. The molecule has 0 bridgehead atoms. The normalized spacial score (nSPS) is 10.4. The van der Waals surface area contributed by atoms with E-state index in [0.717, 1.165) is 24.2 Å². The summed E-state index contributed by atoms with van der Waals surface area (Å²) >= 11 is 0. The van der Waals surface area contributed by atoms with Crippen LogP contribution < -0.4 is 0 Å². The summed E-state index contributed by atoms with van der Waals surface area (Å²) in [7, 11) is 0. The van der Waals surface area contributed by atoms with Gasteiger partial charge in [0.05, 0.1) is 6.61 Å². The van der Waals surface area contributed by atoms with Crippen LogP contribution in [0.5, 0.6) is 0 Å². The van der Waals surface area contributed by atoms with Crippen LogP contribution in [0.3, 0.4) is 0 Å². The molecule has 0 saturated heterocycles. The van der Waals surface area contributed by atoms with Crippen LogP contribution in [-0.4, -0.2) is 11.4 Å². The van der Waals surface area contributed by atoms with Gasteiger partial charge in [0, 0.05) is 6.42 Å². The van der Waals surface area contributed by atoms with Crippen molar-refractivity contribution in [3.8, 4) is 0 Å². The van der Waals surface area contributed by atoms with E-state index >= 15 is 0 Å². The number of aldehydes is 1. The molecule has 0 amide bonds. The summed E-state index contributed by atoms with van der Waals surface area (Å²) in [6.07, 6.45) is 2.34. The van der Waals surface area contributed by atoms with Gasteiger partial charge in [-0.25, -0.2) is 0 Å². The summed E-state index contributed by atoms with van der Waals surface area (Å²) in [4.78, 5) is 10.4. The zero-order valence-corrected chi connectivity index (χ0v) is 9.43. The van der Waals surface area contributed by atoms with Crippen molar-refractivity contribution in [1.82, 2.24) is 0 Å². The molecular weight excluding hydrogens is 216 g/mol. The third kappa shape index (κ3) is 3.04. The van der Waals surface area contributed by atoms with E-state index in [1.165, 1.54) is 5.56 Å². The highest BCUT2D eigenvalue weighted by atomic mass is 16.3. The zero-order chi connectivity index (χ0) is 12.1. The molecule has 0 aliphatic carbocycles. The van der Waals surface area contributed by atoms with Crippen molar-refractivity contribution in [3.63, 3.8) is 0 Å². The molecule has 0 atom stereocenters. The van der Waals surface area contributed by atoms with Gasteiger partial charge in [0.25, 0.3) is 0 Å². The Labute approximate surface area is 99.7 Å². The molecule has 0 spiro atoms. The quantitative estimate of drug-likeness (QED) is 0.802. The maximum absolute atomic E-state index is 10.4. The highest BCUT2D eigenvalue weighted by Gasteiger charge is 2.01. The molecule has 1 heterocycles. The summed E-state index contributed by atoms with van der Waals surface area (Å²) in [5.41, 5.74) is 2.10. The number of rotatable bonds is 5. The van der Waals surface area contributed by atoms with Gasteiger partial charge in [-0.1, -0.05) is 24.3 Å². The molecule has 1 aromatic carbocycles. The molecular formula is C14H14O3. The molecule has 0 unspecified atom stereocenters. The molecule has 2 rings (SSSR count). The van der Waals surface area contributed by atoms with Crippen LogP contribution in [0.25, 0.3) is 0 Å². The SMILES string of the molecule is O=Cc1ccc(CCc2ccc(CO)cc2)o1. The second-order valence-corrected chi connectivity index (χ2v) is 3.90. The standard InChI is InChI=1S/C14H14O3/c15-9-12-3-1-11(2-4-12)5-6-13-7-8-14(10-16)17-13/h1-4,7-8,10,15H,5-6,9H2. The second kappa shape index (κ2) is 5.46. The predicted molar refractivity (Wildman–Crippen MR) is 63.9 cm³/mol. The monoisotopic (exact) mass is 230 g/mol. The van der Waals surface area contributed by atoms with Crippen molar-refractivity contribution in [2.75, 3.05) is 0 Å². The Morgan fingerprint density at radius 1 is 1.00 bits per heavy atom. The van der Waals surface area contributed by atoms with Crippen molar-refractivity contribution in [3.05, 3.63) is 59.0 Å². The maximum atomic E-state index is 10.4. The lowest BCUT2D eigenvalue weighted by atomic mass is 10.1. The maximum Gasteiger partial charge on any atom is 0.185 e. The Hall–Kier alpha value is -1.87. The van der Waals surface area contributed by atoms with Gasteiger partial charge < -0.3 is 9.52 Å². The van der Waals surface area contributed by atoms with Crippen molar-refractivity contribution in [2.45, 2.75) is 19.4 Å². The van der Waals surface area contributed by atoms with E-state index in [4.69, 9.17) is 9.52 Å². The minimum absolute atomic E-state index is 0.0706. The first-order chi connectivity index (χ1) is 8.31. The molecule has 0 aliphatic heterocycles. The number of carbonyl (C=O) groups excluding carboxylic acids is 1. The van der Waals surface area contributed by atoms with Crippen LogP contribution in [0.1, 0.15) is 27.4 Å². The number of carbonyl (C=O) groups is 1. The zero-order valence-electron chi connectivity index (χ0n) is 9.43. The van der Waals surface area contributed by atoms with E-state index in [9.17, 15) is 4.79 Å². The number of benzene rings is 1. The van der Waals surface area contributed by atoms with Gasteiger partial charge >= 0.3 is 0 Å². The lowest BCUT2D eigenvalue weighted by Crippen LogP contribution is -1.90. The number of aryl methyl sites for hydroxylation is 2. The van der Waals surface area contributed by atoms with E-state index in [1.54, 1.807) is 6.07 Å². The fraction of sp³-hybridized carbons (Fsp3) is 0.214. The fourth-order valence-corrected chi connectivity index (χ4v) is 1.67. The summed E-state index contributed by atoms with van der Waals surface area (Å²) in [5.74, 6) is 1.19. The van der Waals surface area contributed by atoms with Gasteiger partial charge in [-0.2, -0.15) is 0 Å². The summed E-state index contributed by atoms with van der Waals surface area (Å²) in [6, 6.07) is 11.3. The van der Waals surface area contributed by atoms with Crippen molar-refractivity contribution in [1.29, 1.82) is 0 Å². The molecule has 0 aliphatic rings. The number of hydrogen-bond acceptors (Lipinski definition) is 3. The lowest BCUT2D eigenvalue weighted by Gasteiger charge is -2.01. The Morgan fingerprint density at radius 3 is 2.29 bits per heavy atom. The third-order valence-corrected chi connectivity index (χ3v) is 2.66. The number of aliphatic hydroxyl groups is 1. The molecule has 0 saturated carbocycles. The van der Waals surface area contributed by atoms with E-state index in [-0.39, 0.29) is 6.61 Å². The van der Waals surface area contributed by atoms with E-state index in [1.807, 2.05) is 30.3 Å². The predicted octanol–water partition coefficient (Wildman–Crippen LogP) is 2.37. The first kappa shape index (κ1) is 11.6. The molecule has 1 N–H and O–H groups in total. The number of hydrogen-bond donors (Lipinski definition) is 1. The highest BCUT2D eigenvalue weighted by molar-refractivity contribution is 5.70. The van der Waals surface area contributed by atoms with Crippen LogP contribution in [0, 0.1) is 0 Å². The van der Waals surface area contributed by atoms with Gasteiger partial charge in [-0.3, -0.25) is 4.79 Å². The summed E-state index contributed by atoms with van der Waals surface area (Å²) < 4.78 is 5.29. The Bertz CT molecular complexity index is 482. The Morgan fingerprint density at radius 2 is 1.71 bits per heavy atom. The molecule has 1 aromatic heterocycles. The first-order valence-electron chi connectivity index (χ1n) is 5.54. The van der Waals surface area contributed by atoms with Crippen LogP contribution >= 0.6 is 0 Å². The molecule has 17 heavy (non-hydrogen) atoms. The van der Waals surface area contributed by atoms with Gasteiger partial charge in [-0.05, 0) is 29.7 Å². The molecule has 2 aromatic rings. The van der Waals surface area contributed by atoms with E-state index in [2.05, 4.69) is 0 Å². The molecule has 3 nitrogen and oxygen atoms in total. The minimum atomic E-state index is 0.0706. The molecule has 0 fully saturated rings. The van der Waals surface area contributed by atoms with Crippen molar-refractivity contribution in [2.24, 2.45) is 0 Å². The number of furan rings is 1. The third-order valence-electron chi connectivity index (χ3n) is 2.66. The van der Waals surface area contributed by atoms with Gasteiger partial charge in [0.1, 0.15) is 5.76 Å². The topological polar surface area (TPSA) is 50.4 Å². The second-order valence-electron chi connectivity index (χ2n) is 3.90. The van der Waals surface area contributed by atoms with Crippen LogP contribution in [0.15, 0.2) is 40.8 Å². The van der Waals surface area contributed by atoms with Gasteiger partial charge in [-0.15, -0.1) is 0 Å². The average Bonchev–Trinajstić information content (AvgIpc) is 2.85. The summed E-state index contributed by atoms with van der Waals surface area (Å²) in [5, 5.41) is 8.92. The smallest absolute Gasteiger partial charge is 0.185 e. The van der Waals surface area contributed by atoms with Crippen LogP contribution in [-0.2, 0) is 19.4 Å². The van der Waals surface area contributed by atoms with Gasteiger partial charge in [0.15, 0.2) is 12.0 Å². The van der Waals surface area contributed by atoms with Gasteiger partial charge in [0.2, 0.25) is 0 Å².